The molecule has 1 saturated heterocycles. The van der Waals surface area contributed by atoms with Crippen LogP contribution in [0.25, 0.3) is 0 Å². The molecule has 2 rings (SSSR count). The summed E-state index contributed by atoms with van der Waals surface area (Å²) in [7, 11) is 1.58. The first-order valence-corrected chi connectivity index (χ1v) is 6.97. The van der Waals surface area contributed by atoms with Crippen molar-refractivity contribution in [3.05, 3.63) is 23.8 Å². The number of hydrogen-bond donors (Lipinski definition) is 2. The number of ether oxygens (including phenoxy) is 1. The van der Waals surface area contributed by atoms with Crippen molar-refractivity contribution in [3.8, 4) is 11.5 Å². The van der Waals surface area contributed by atoms with Gasteiger partial charge in [-0.25, -0.2) is 0 Å². The minimum Gasteiger partial charge on any atom is -0.504 e. The predicted octanol–water partition coefficient (Wildman–Crippen LogP) is 1.96. The molecular weight excluding hydrogens is 240 g/mol. The van der Waals surface area contributed by atoms with Crippen LogP contribution in [0.4, 0.5) is 0 Å². The molecule has 4 nitrogen and oxygen atoms in total. The van der Waals surface area contributed by atoms with E-state index in [0.29, 0.717) is 17.7 Å². The molecule has 1 aromatic rings. The maximum atomic E-state index is 9.60. The van der Waals surface area contributed by atoms with Crippen molar-refractivity contribution in [1.82, 2.24) is 4.90 Å². The molecule has 2 unspecified atom stereocenters. The molecule has 1 aromatic carbocycles. The second kappa shape index (κ2) is 6.26. The van der Waals surface area contributed by atoms with E-state index in [1.54, 1.807) is 13.2 Å². The zero-order chi connectivity index (χ0) is 13.8. The van der Waals surface area contributed by atoms with Gasteiger partial charge in [0.15, 0.2) is 11.5 Å². The lowest BCUT2D eigenvalue weighted by atomic mass is 9.90. The maximum absolute atomic E-state index is 9.60. The number of nitrogens with two attached hydrogens (primary N) is 1. The van der Waals surface area contributed by atoms with Gasteiger partial charge in [0.05, 0.1) is 7.11 Å². The summed E-state index contributed by atoms with van der Waals surface area (Å²) >= 11 is 0. The number of nitrogens with zero attached hydrogens (tertiary/aromatic N) is 1. The number of likely N-dealkylation sites (tertiary alicyclic amines) is 1. The fourth-order valence-corrected chi connectivity index (χ4v) is 2.78. The molecule has 0 aromatic heterocycles. The molecule has 0 amide bonds. The zero-order valence-corrected chi connectivity index (χ0v) is 11.8. The monoisotopic (exact) mass is 264 g/mol. The van der Waals surface area contributed by atoms with E-state index in [9.17, 15) is 5.11 Å². The van der Waals surface area contributed by atoms with Crippen molar-refractivity contribution < 1.29 is 9.84 Å². The van der Waals surface area contributed by atoms with Crippen LogP contribution in [0.5, 0.6) is 11.5 Å². The average molecular weight is 264 g/mol. The molecule has 19 heavy (non-hydrogen) atoms. The Kier molecular flexibility index (Phi) is 4.66. The molecule has 1 aliphatic rings. The Balaban J connectivity index is 2.01. The van der Waals surface area contributed by atoms with Crippen LogP contribution < -0.4 is 10.5 Å². The third kappa shape index (κ3) is 3.39. The number of piperidine rings is 1. The van der Waals surface area contributed by atoms with Crippen molar-refractivity contribution in [2.75, 3.05) is 20.2 Å². The summed E-state index contributed by atoms with van der Waals surface area (Å²) in [6, 6.07) is 5.90. The number of phenols is 1. The van der Waals surface area contributed by atoms with Crippen LogP contribution in [-0.2, 0) is 6.54 Å². The molecule has 4 heteroatoms. The number of aromatic hydroxyl groups is 1. The van der Waals surface area contributed by atoms with E-state index in [2.05, 4.69) is 11.8 Å². The van der Waals surface area contributed by atoms with Crippen LogP contribution >= 0.6 is 0 Å². The van der Waals surface area contributed by atoms with Crippen LogP contribution in [0.3, 0.4) is 0 Å². The van der Waals surface area contributed by atoms with Gasteiger partial charge in [-0.05, 0) is 36.6 Å². The Bertz CT molecular complexity index is 423. The van der Waals surface area contributed by atoms with E-state index in [1.807, 2.05) is 12.1 Å². The van der Waals surface area contributed by atoms with Crippen molar-refractivity contribution in [1.29, 1.82) is 0 Å². The molecule has 106 valence electrons. The minimum atomic E-state index is 0.193. The molecule has 1 heterocycles. The molecule has 0 radical (unpaired) electrons. The van der Waals surface area contributed by atoms with Crippen LogP contribution in [0, 0.1) is 5.92 Å². The standard InChI is InChI=1S/C15H24N2O2/c1-3-12-10-17(7-6-13(12)16)9-11-4-5-14(18)15(8-11)19-2/h4-5,8,12-13,18H,3,6-7,9-10,16H2,1-2H3. The van der Waals surface area contributed by atoms with Gasteiger partial charge in [-0.3, -0.25) is 4.90 Å². The topological polar surface area (TPSA) is 58.7 Å². The summed E-state index contributed by atoms with van der Waals surface area (Å²) in [5, 5.41) is 9.60. The Hall–Kier alpha value is -1.26. The molecule has 2 atom stereocenters. The first-order valence-electron chi connectivity index (χ1n) is 6.97. The summed E-state index contributed by atoms with van der Waals surface area (Å²) in [5.74, 6) is 1.32. The lowest BCUT2D eigenvalue weighted by Crippen LogP contribution is -2.46. The summed E-state index contributed by atoms with van der Waals surface area (Å²) < 4.78 is 5.15. The lowest BCUT2D eigenvalue weighted by molar-refractivity contribution is 0.145. The molecule has 0 bridgehead atoms. The van der Waals surface area contributed by atoms with E-state index in [1.165, 1.54) is 5.56 Å². The Morgan fingerprint density at radius 3 is 2.95 bits per heavy atom. The zero-order valence-electron chi connectivity index (χ0n) is 11.8. The summed E-state index contributed by atoms with van der Waals surface area (Å²) in [6.45, 7) is 5.19. The van der Waals surface area contributed by atoms with Crippen molar-refractivity contribution >= 4 is 0 Å². The van der Waals surface area contributed by atoms with Crippen molar-refractivity contribution in [2.24, 2.45) is 11.7 Å². The number of benzene rings is 1. The molecular formula is C15H24N2O2. The highest BCUT2D eigenvalue weighted by Crippen LogP contribution is 2.27. The van der Waals surface area contributed by atoms with Crippen molar-refractivity contribution in [3.63, 3.8) is 0 Å². The van der Waals surface area contributed by atoms with Gasteiger partial charge in [0.1, 0.15) is 0 Å². The van der Waals surface area contributed by atoms with E-state index in [0.717, 1.165) is 32.5 Å². The van der Waals surface area contributed by atoms with E-state index in [-0.39, 0.29) is 5.75 Å². The summed E-state index contributed by atoms with van der Waals surface area (Å²) in [5.41, 5.74) is 7.30. The highest BCUT2D eigenvalue weighted by atomic mass is 16.5. The first-order chi connectivity index (χ1) is 9.13. The molecule has 0 aliphatic carbocycles. The van der Waals surface area contributed by atoms with Gasteiger partial charge in [-0.2, -0.15) is 0 Å². The third-order valence-corrected chi connectivity index (χ3v) is 4.05. The quantitative estimate of drug-likeness (QED) is 0.873. The second-order valence-corrected chi connectivity index (χ2v) is 5.36. The number of rotatable bonds is 4. The largest absolute Gasteiger partial charge is 0.504 e. The Labute approximate surface area is 115 Å². The second-order valence-electron chi connectivity index (χ2n) is 5.36. The van der Waals surface area contributed by atoms with Crippen LogP contribution in [0.15, 0.2) is 18.2 Å². The number of phenolic OH excluding ortho intramolecular Hbond substituents is 1. The third-order valence-electron chi connectivity index (χ3n) is 4.05. The number of hydrogen-bond acceptors (Lipinski definition) is 4. The number of methoxy groups -OCH3 is 1. The normalized spacial score (nSPS) is 24.4. The molecule has 0 saturated carbocycles. The fourth-order valence-electron chi connectivity index (χ4n) is 2.78. The molecule has 1 aliphatic heterocycles. The van der Waals surface area contributed by atoms with Gasteiger partial charge in [0.2, 0.25) is 0 Å². The smallest absolute Gasteiger partial charge is 0.160 e. The lowest BCUT2D eigenvalue weighted by Gasteiger charge is -2.36. The van der Waals surface area contributed by atoms with Gasteiger partial charge in [-0.1, -0.05) is 19.4 Å². The summed E-state index contributed by atoms with van der Waals surface area (Å²) in [6.07, 6.45) is 2.20. The molecule has 0 spiro atoms. The van der Waals surface area contributed by atoms with Gasteiger partial charge < -0.3 is 15.6 Å². The highest BCUT2D eigenvalue weighted by Gasteiger charge is 2.25. The van der Waals surface area contributed by atoms with Crippen molar-refractivity contribution in [2.45, 2.75) is 32.4 Å². The Morgan fingerprint density at radius 2 is 2.26 bits per heavy atom. The van der Waals surface area contributed by atoms with Gasteiger partial charge in [0.25, 0.3) is 0 Å². The molecule has 3 N–H and O–H groups in total. The van der Waals surface area contributed by atoms with Gasteiger partial charge in [0, 0.05) is 19.1 Å². The first kappa shape index (κ1) is 14.2. The fraction of sp³-hybridized carbons (Fsp3) is 0.600. The van der Waals surface area contributed by atoms with Crippen LogP contribution in [0.1, 0.15) is 25.3 Å². The summed E-state index contributed by atoms with van der Waals surface area (Å²) in [4.78, 5) is 2.43. The minimum absolute atomic E-state index is 0.193. The predicted molar refractivity (Wildman–Crippen MR) is 76.3 cm³/mol. The van der Waals surface area contributed by atoms with E-state index < -0.39 is 0 Å². The van der Waals surface area contributed by atoms with Gasteiger partial charge >= 0.3 is 0 Å². The average Bonchev–Trinajstić information content (AvgIpc) is 2.43. The SMILES string of the molecule is CCC1CN(Cc2ccc(O)c(OC)c2)CCC1N. The van der Waals surface area contributed by atoms with Crippen LogP contribution in [-0.4, -0.2) is 36.2 Å². The Morgan fingerprint density at radius 1 is 1.47 bits per heavy atom. The van der Waals surface area contributed by atoms with E-state index in [4.69, 9.17) is 10.5 Å². The molecule has 1 fully saturated rings. The maximum Gasteiger partial charge on any atom is 0.160 e. The van der Waals surface area contributed by atoms with Crippen LogP contribution in [0.2, 0.25) is 0 Å². The van der Waals surface area contributed by atoms with E-state index >= 15 is 0 Å². The van der Waals surface area contributed by atoms with Gasteiger partial charge in [-0.15, -0.1) is 0 Å². The highest BCUT2D eigenvalue weighted by molar-refractivity contribution is 5.41.